The molecule has 35 heavy (non-hydrogen) atoms. The smallest absolute Gasteiger partial charge is 0.262 e. The third kappa shape index (κ3) is 7.00. The Kier molecular flexibility index (Phi) is 9.19. The van der Waals surface area contributed by atoms with E-state index in [0.29, 0.717) is 35.2 Å². The van der Waals surface area contributed by atoms with Gasteiger partial charge in [-0.15, -0.1) is 0 Å². The Morgan fingerprint density at radius 3 is 2.57 bits per heavy atom. The molecule has 0 fully saturated rings. The fraction of sp³-hybridized carbons (Fsp3) is 0.400. The van der Waals surface area contributed by atoms with Gasteiger partial charge in [0, 0.05) is 5.56 Å². The number of nitrogens with zero attached hydrogens (tertiary/aromatic N) is 1. The topological polar surface area (TPSA) is 107 Å². The molecule has 0 aliphatic carbocycles. The molecule has 9 nitrogen and oxygen atoms in total. The van der Waals surface area contributed by atoms with Crippen molar-refractivity contribution in [3.8, 4) is 23.0 Å². The van der Waals surface area contributed by atoms with Crippen molar-refractivity contribution >= 4 is 40.6 Å². The van der Waals surface area contributed by atoms with Crippen molar-refractivity contribution in [1.29, 1.82) is 0 Å². The lowest BCUT2D eigenvalue weighted by Gasteiger charge is -2.20. The van der Waals surface area contributed by atoms with Gasteiger partial charge < -0.3 is 24.3 Å². The molecule has 1 atom stereocenters. The van der Waals surface area contributed by atoms with Crippen molar-refractivity contribution in [1.82, 2.24) is 10.7 Å². The number of carbonyl (C=O) groups excluding carboxylic acids is 2. The predicted molar refractivity (Wildman–Crippen MR) is 140 cm³/mol. The lowest BCUT2D eigenvalue weighted by Crippen LogP contribution is -2.48. The number of carbonyl (C=O) groups is 2. The van der Waals surface area contributed by atoms with Crippen molar-refractivity contribution < 1.29 is 28.5 Å². The fourth-order valence-corrected chi connectivity index (χ4v) is 4.07. The maximum atomic E-state index is 12.8. The second-order valence-electron chi connectivity index (χ2n) is 8.43. The van der Waals surface area contributed by atoms with Crippen molar-refractivity contribution in [2.45, 2.75) is 46.8 Å². The van der Waals surface area contributed by atoms with Crippen molar-refractivity contribution in [2.24, 2.45) is 11.0 Å². The van der Waals surface area contributed by atoms with Gasteiger partial charge in [-0.2, -0.15) is 5.10 Å². The van der Waals surface area contributed by atoms with Gasteiger partial charge in [-0.1, -0.05) is 13.8 Å². The number of benzene rings is 2. The molecule has 1 aliphatic heterocycles. The Morgan fingerprint density at radius 2 is 1.89 bits per heavy atom. The summed E-state index contributed by atoms with van der Waals surface area (Å²) in [4.78, 5) is 25.6. The third-order valence-electron chi connectivity index (χ3n) is 4.94. The first-order valence-corrected chi connectivity index (χ1v) is 12.4. The van der Waals surface area contributed by atoms with Crippen LogP contribution in [0.15, 0.2) is 35.4 Å². The number of ether oxygens (including phenoxy) is 4. The van der Waals surface area contributed by atoms with E-state index < -0.39 is 17.9 Å². The Bertz CT molecular complexity index is 1100. The van der Waals surface area contributed by atoms with Gasteiger partial charge in [-0.3, -0.25) is 9.59 Å². The van der Waals surface area contributed by atoms with Gasteiger partial charge in [0.2, 0.25) is 6.79 Å². The standard InChI is InChI=1S/C25H30IN3O6/c1-6-32-21-10-16(9-18(26)23(21)35-15(4)5)12-27-29-25(31)22(14(2)3)28-24(30)17-7-8-19-20(11-17)34-13-33-19/h7-12,14-15,22H,6,13H2,1-5H3,(H,28,30)(H,29,31). The molecule has 0 radical (unpaired) electrons. The van der Waals surface area contributed by atoms with E-state index in [9.17, 15) is 9.59 Å². The van der Waals surface area contributed by atoms with Crippen LogP contribution in [0.4, 0.5) is 0 Å². The maximum Gasteiger partial charge on any atom is 0.262 e. The van der Waals surface area contributed by atoms with Crippen LogP contribution < -0.4 is 29.7 Å². The van der Waals surface area contributed by atoms with Gasteiger partial charge in [0.15, 0.2) is 23.0 Å². The van der Waals surface area contributed by atoms with E-state index in [-0.39, 0.29) is 18.8 Å². The van der Waals surface area contributed by atoms with E-state index in [1.54, 1.807) is 24.3 Å². The zero-order valence-electron chi connectivity index (χ0n) is 20.4. The zero-order valence-corrected chi connectivity index (χ0v) is 22.5. The molecule has 1 aliphatic rings. The lowest BCUT2D eigenvalue weighted by molar-refractivity contribution is -0.123. The molecule has 1 heterocycles. The van der Waals surface area contributed by atoms with Crippen LogP contribution in [0.2, 0.25) is 0 Å². The number of hydrazone groups is 1. The summed E-state index contributed by atoms with van der Waals surface area (Å²) in [6.45, 7) is 10.1. The predicted octanol–water partition coefficient (Wildman–Crippen LogP) is 4.11. The average molecular weight is 595 g/mol. The minimum absolute atomic E-state index is 0.00219. The molecule has 188 valence electrons. The Labute approximate surface area is 218 Å². The Hall–Kier alpha value is -3.02. The fourth-order valence-electron chi connectivity index (χ4n) is 3.31. The average Bonchev–Trinajstić information content (AvgIpc) is 3.27. The highest BCUT2D eigenvalue weighted by molar-refractivity contribution is 14.1. The van der Waals surface area contributed by atoms with E-state index in [2.05, 4.69) is 38.4 Å². The van der Waals surface area contributed by atoms with Crippen LogP contribution in [-0.2, 0) is 4.79 Å². The molecule has 0 saturated carbocycles. The van der Waals surface area contributed by atoms with Gasteiger partial charge in [0.1, 0.15) is 6.04 Å². The molecular weight excluding hydrogens is 565 g/mol. The van der Waals surface area contributed by atoms with Crippen molar-refractivity contribution in [3.63, 3.8) is 0 Å². The van der Waals surface area contributed by atoms with E-state index in [0.717, 1.165) is 9.13 Å². The van der Waals surface area contributed by atoms with Crippen LogP contribution in [-0.4, -0.2) is 43.6 Å². The first kappa shape index (κ1) is 26.6. The first-order chi connectivity index (χ1) is 16.7. The van der Waals surface area contributed by atoms with Gasteiger partial charge in [-0.25, -0.2) is 5.43 Å². The highest BCUT2D eigenvalue weighted by atomic mass is 127. The molecule has 3 rings (SSSR count). The number of nitrogens with one attached hydrogen (secondary N) is 2. The lowest BCUT2D eigenvalue weighted by atomic mass is 10.0. The number of hydrogen-bond donors (Lipinski definition) is 2. The highest BCUT2D eigenvalue weighted by Gasteiger charge is 2.25. The molecule has 2 aromatic carbocycles. The summed E-state index contributed by atoms with van der Waals surface area (Å²) in [5.41, 5.74) is 3.63. The van der Waals surface area contributed by atoms with Crippen molar-refractivity contribution in [3.05, 3.63) is 45.0 Å². The number of amides is 2. The summed E-state index contributed by atoms with van der Waals surface area (Å²) in [5.74, 6) is 1.38. The van der Waals surface area contributed by atoms with Gasteiger partial charge in [0.25, 0.3) is 11.8 Å². The van der Waals surface area contributed by atoms with Gasteiger partial charge >= 0.3 is 0 Å². The van der Waals surface area contributed by atoms with Gasteiger partial charge in [-0.05, 0) is 85.2 Å². The Morgan fingerprint density at radius 1 is 1.14 bits per heavy atom. The van der Waals surface area contributed by atoms with E-state index in [1.807, 2.05) is 40.7 Å². The highest BCUT2D eigenvalue weighted by Crippen LogP contribution is 2.35. The normalized spacial score (nSPS) is 13.3. The second kappa shape index (κ2) is 12.1. The molecular formula is C25H30IN3O6. The molecule has 0 spiro atoms. The first-order valence-electron chi connectivity index (χ1n) is 11.4. The van der Waals surface area contributed by atoms with Crippen molar-refractivity contribution in [2.75, 3.05) is 13.4 Å². The van der Waals surface area contributed by atoms with Crippen LogP contribution in [0.5, 0.6) is 23.0 Å². The second-order valence-corrected chi connectivity index (χ2v) is 9.59. The van der Waals surface area contributed by atoms with Crippen LogP contribution >= 0.6 is 22.6 Å². The zero-order chi connectivity index (χ0) is 25.5. The SMILES string of the molecule is CCOc1cc(C=NNC(=O)C(NC(=O)c2ccc3c(c2)OCO3)C(C)C)cc(I)c1OC(C)C. The molecule has 2 amide bonds. The van der Waals surface area contributed by atoms with Crippen LogP contribution in [0.25, 0.3) is 0 Å². The molecule has 1 unspecified atom stereocenters. The van der Waals surface area contributed by atoms with Crippen LogP contribution in [0, 0.1) is 9.49 Å². The van der Waals surface area contributed by atoms with Gasteiger partial charge in [0.05, 0.1) is 22.5 Å². The summed E-state index contributed by atoms with van der Waals surface area (Å²) >= 11 is 2.18. The summed E-state index contributed by atoms with van der Waals surface area (Å²) < 4.78 is 23.1. The minimum atomic E-state index is -0.786. The molecule has 10 heteroatoms. The van der Waals surface area contributed by atoms with E-state index in [1.165, 1.54) is 6.21 Å². The molecule has 2 aromatic rings. The number of hydrogen-bond acceptors (Lipinski definition) is 7. The number of rotatable bonds is 10. The summed E-state index contributed by atoms with van der Waals surface area (Å²) in [5, 5.41) is 6.87. The third-order valence-corrected chi connectivity index (χ3v) is 5.75. The monoisotopic (exact) mass is 595 g/mol. The molecule has 0 aromatic heterocycles. The van der Waals surface area contributed by atoms with Crippen LogP contribution in [0.1, 0.15) is 50.5 Å². The van der Waals surface area contributed by atoms with E-state index in [4.69, 9.17) is 18.9 Å². The minimum Gasteiger partial charge on any atom is -0.490 e. The summed E-state index contributed by atoms with van der Waals surface area (Å²) in [7, 11) is 0. The number of halogens is 1. The maximum absolute atomic E-state index is 12.8. The molecule has 2 N–H and O–H groups in total. The van der Waals surface area contributed by atoms with E-state index >= 15 is 0 Å². The summed E-state index contributed by atoms with van der Waals surface area (Å²) in [6, 6.07) is 7.79. The molecule has 0 saturated heterocycles. The molecule has 0 bridgehead atoms. The van der Waals surface area contributed by atoms with Crippen LogP contribution in [0.3, 0.4) is 0 Å². The number of fused-ring (bicyclic) bond motifs is 1. The Balaban J connectivity index is 1.68. The largest absolute Gasteiger partial charge is 0.490 e. The summed E-state index contributed by atoms with van der Waals surface area (Å²) in [6.07, 6.45) is 1.53. The quantitative estimate of drug-likeness (QED) is 0.243.